The highest BCUT2D eigenvalue weighted by Crippen LogP contribution is 2.39. The van der Waals surface area contributed by atoms with Crippen LogP contribution in [0.3, 0.4) is 0 Å². The summed E-state index contributed by atoms with van der Waals surface area (Å²) in [6, 6.07) is 25.4. The summed E-state index contributed by atoms with van der Waals surface area (Å²) in [5, 5.41) is 4.15. The summed E-state index contributed by atoms with van der Waals surface area (Å²) in [5.74, 6) is -0.0215. The third-order valence-electron chi connectivity index (χ3n) is 4.95. The van der Waals surface area contributed by atoms with Crippen LogP contribution in [0.4, 0.5) is 11.4 Å². The number of rotatable bonds is 3. The number of hydrogen-bond donors (Lipinski definition) is 1. The molecule has 4 heteroatoms. The second kappa shape index (κ2) is 7.45. The normalized spacial score (nSPS) is 18.3. The van der Waals surface area contributed by atoms with E-state index in [1.165, 1.54) is 0 Å². The molecule has 0 fully saturated rings. The van der Waals surface area contributed by atoms with E-state index in [9.17, 15) is 4.79 Å². The number of halogens is 1. The summed E-state index contributed by atoms with van der Waals surface area (Å²) in [7, 11) is 0. The molecule has 1 aliphatic heterocycles. The lowest BCUT2D eigenvalue weighted by Gasteiger charge is -2.39. The van der Waals surface area contributed by atoms with E-state index in [1.807, 2.05) is 47.4 Å². The molecule has 3 nitrogen and oxygen atoms in total. The van der Waals surface area contributed by atoms with Crippen LogP contribution < -0.4 is 10.2 Å². The molecule has 3 aromatic carbocycles. The number of nitrogens with zero attached hydrogens (tertiary/aromatic N) is 1. The van der Waals surface area contributed by atoms with Crippen molar-refractivity contribution in [1.29, 1.82) is 0 Å². The molecule has 4 rings (SSSR count). The zero-order chi connectivity index (χ0) is 18.8. The summed E-state index contributed by atoms with van der Waals surface area (Å²) in [4.78, 5) is 15.5. The average Bonchev–Trinajstić information content (AvgIpc) is 2.69. The molecule has 1 heterocycles. The number of para-hydroxylation sites is 2. The van der Waals surface area contributed by atoms with Crippen molar-refractivity contribution in [2.45, 2.75) is 25.4 Å². The smallest absolute Gasteiger partial charge is 0.258 e. The van der Waals surface area contributed by atoms with E-state index in [4.69, 9.17) is 11.6 Å². The lowest BCUT2D eigenvalue weighted by atomic mass is 9.91. The molecule has 0 bridgehead atoms. The minimum Gasteiger partial charge on any atom is -0.382 e. The third kappa shape index (κ3) is 3.56. The lowest BCUT2D eigenvalue weighted by molar-refractivity contribution is 0.0974. The summed E-state index contributed by atoms with van der Waals surface area (Å²) < 4.78 is 0. The highest BCUT2D eigenvalue weighted by Gasteiger charge is 2.33. The predicted octanol–water partition coefficient (Wildman–Crippen LogP) is 5.93. The van der Waals surface area contributed by atoms with Crippen molar-refractivity contribution in [3.63, 3.8) is 0 Å². The van der Waals surface area contributed by atoms with Crippen LogP contribution in [-0.2, 0) is 0 Å². The number of benzene rings is 3. The first-order chi connectivity index (χ1) is 13.1. The van der Waals surface area contributed by atoms with Gasteiger partial charge in [0.2, 0.25) is 0 Å². The number of fused-ring (bicyclic) bond motifs is 1. The first-order valence-corrected chi connectivity index (χ1v) is 9.51. The second-order valence-electron chi connectivity index (χ2n) is 6.90. The molecule has 0 aromatic heterocycles. The van der Waals surface area contributed by atoms with Gasteiger partial charge in [0, 0.05) is 28.0 Å². The van der Waals surface area contributed by atoms with Gasteiger partial charge in [0.25, 0.3) is 5.91 Å². The van der Waals surface area contributed by atoms with Crippen LogP contribution in [0.1, 0.15) is 35.3 Å². The van der Waals surface area contributed by atoms with Crippen molar-refractivity contribution in [1.82, 2.24) is 0 Å². The minimum atomic E-state index is -0.0389. The van der Waals surface area contributed by atoms with E-state index in [0.29, 0.717) is 10.6 Å². The van der Waals surface area contributed by atoms with Gasteiger partial charge in [-0.05, 0) is 61.4 Å². The first-order valence-electron chi connectivity index (χ1n) is 9.13. The highest BCUT2D eigenvalue weighted by molar-refractivity contribution is 6.30. The summed E-state index contributed by atoms with van der Waals surface area (Å²) >= 11 is 6.01. The predicted molar refractivity (Wildman–Crippen MR) is 112 cm³/mol. The molecule has 0 saturated heterocycles. The van der Waals surface area contributed by atoms with E-state index in [-0.39, 0.29) is 18.0 Å². The molecule has 1 amide bonds. The maximum Gasteiger partial charge on any atom is 0.258 e. The van der Waals surface area contributed by atoms with Gasteiger partial charge < -0.3 is 10.2 Å². The number of carbonyl (C=O) groups excluding carboxylic acids is 1. The van der Waals surface area contributed by atoms with E-state index < -0.39 is 0 Å². The van der Waals surface area contributed by atoms with Crippen LogP contribution in [0.25, 0.3) is 0 Å². The Kier molecular flexibility index (Phi) is 4.87. The Bertz CT molecular complexity index is 940. The van der Waals surface area contributed by atoms with Gasteiger partial charge in [-0.2, -0.15) is 0 Å². The zero-order valence-electron chi connectivity index (χ0n) is 15.1. The largest absolute Gasteiger partial charge is 0.382 e. The number of carbonyl (C=O) groups is 1. The topological polar surface area (TPSA) is 32.3 Å². The number of nitrogens with one attached hydrogen (secondary N) is 1. The Morgan fingerprint density at radius 3 is 2.37 bits per heavy atom. The Morgan fingerprint density at radius 1 is 0.963 bits per heavy atom. The Labute approximate surface area is 164 Å². The molecule has 0 radical (unpaired) electrons. The number of hydrogen-bond acceptors (Lipinski definition) is 2. The minimum absolute atomic E-state index is 0.0215. The van der Waals surface area contributed by atoms with Crippen molar-refractivity contribution in [3.8, 4) is 0 Å². The fraction of sp³-hybridized carbons (Fsp3) is 0.174. The van der Waals surface area contributed by atoms with Crippen LogP contribution in [0.15, 0.2) is 78.9 Å². The number of amides is 1. The van der Waals surface area contributed by atoms with E-state index in [2.05, 4.69) is 24.4 Å². The summed E-state index contributed by atoms with van der Waals surface area (Å²) in [6.07, 6.45) is 0.839. The molecule has 136 valence electrons. The quantitative estimate of drug-likeness (QED) is 0.614. The molecule has 1 aliphatic rings. The molecule has 2 atom stereocenters. The van der Waals surface area contributed by atoms with Crippen molar-refractivity contribution in [2.24, 2.45) is 0 Å². The number of anilines is 2. The van der Waals surface area contributed by atoms with Gasteiger partial charge in [0.05, 0.1) is 6.04 Å². The van der Waals surface area contributed by atoms with Crippen LogP contribution in [0, 0.1) is 0 Å². The maximum absolute atomic E-state index is 13.5. The second-order valence-corrected chi connectivity index (χ2v) is 7.34. The average molecular weight is 377 g/mol. The lowest BCUT2D eigenvalue weighted by Crippen LogP contribution is -2.40. The molecular formula is C23H21ClN2O. The molecule has 0 spiro atoms. The van der Waals surface area contributed by atoms with Gasteiger partial charge in [-0.15, -0.1) is 0 Å². The summed E-state index contributed by atoms with van der Waals surface area (Å²) in [6.45, 7) is 2.15. The Balaban J connectivity index is 1.82. The van der Waals surface area contributed by atoms with Gasteiger partial charge >= 0.3 is 0 Å². The molecule has 27 heavy (non-hydrogen) atoms. The van der Waals surface area contributed by atoms with Crippen molar-refractivity contribution >= 4 is 28.9 Å². The van der Waals surface area contributed by atoms with Crippen molar-refractivity contribution in [3.05, 3.63) is 95.0 Å². The van der Waals surface area contributed by atoms with Gasteiger partial charge in [-0.3, -0.25) is 4.79 Å². The standard InChI is InChI=1S/C23H21ClN2O/c1-16-15-22(20-9-5-6-10-21(20)25-16)26(19-7-3-2-4-8-19)23(27)17-11-13-18(24)14-12-17/h2-14,16,22,25H,15H2,1H3/t16-,22-/m0/s1. The van der Waals surface area contributed by atoms with Crippen molar-refractivity contribution < 1.29 is 4.79 Å². The zero-order valence-corrected chi connectivity index (χ0v) is 15.9. The molecule has 0 aliphatic carbocycles. The summed E-state index contributed by atoms with van der Waals surface area (Å²) in [5.41, 5.74) is 3.76. The SMILES string of the molecule is C[C@H]1C[C@H](N(C(=O)c2ccc(Cl)cc2)c2ccccc2)c2ccccc2N1. The molecule has 3 aromatic rings. The van der Waals surface area contributed by atoms with Crippen LogP contribution in [0.2, 0.25) is 5.02 Å². The van der Waals surface area contributed by atoms with E-state index in [0.717, 1.165) is 23.4 Å². The fourth-order valence-corrected chi connectivity index (χ4v) is 3.83. The Hall–Kier alpha value is -2.78. The Morgan fingerprint density at radius 2 is 1.63 bits per heavy atom. The fourth-order valence-electron chi connectivity index (χ4n) is 3.71. The van der Waals surface area contributed by atoms with Gasteiger partial charge in [0.15, 0.2) is 0 Å². The van der Waals surface area contributed by atoms with Crippen LogP contribution >= 0.6 is 11.6 Å². The monoisotopic (exact) mass is 376 g/mol. The van der Waals surface area contributed by atoms with Gasteiger partial charge in [-0.1, -0.05) is 48.0 Å². The third-order valence-corrected chi connectivity index (χ3v) is 5.21. The first kappa shape index (κ1) is 17.6. The highest BCUT2D eigenvalue weighted by atomic mass is 35.5. The van der Waals surface area contributed by atoms with E-state index in [1.54, 1.807) is 24.3 Å². The molecule has 0 saturated carbocycles. The molecule has 1 N–H and O–H groups in total. The van der Waals surface area contributed by atoms with Gasteiger partial charge in [0.1, 0.15) is 0 Å². The van der Waals surface area contributed by atoms with Crippen LogP contribution in [-0.4, -0.2) is 11.9 Å². The van der Waals surface area contributed by atoms with Crippen molar-refractivity contribution in [2.75, 3.05) is 10.2 Å². The molecular weight excluding hydrogens is 356 g/mol. The maximum atomic E-state index is 13.5. The van der Waals surface area contributed by atoms with Crippen LogP contribution in [0.5, 0.6) is 0 Å². The van der Waals surface area contributed by atoms with E-state index >= 15 is 0 Å². The van der Waals surface area contributed by atoms with Gasteiger partial charge in [-0.25, -0.2) is 0 Å². The molecule has 0 unspecified atom stereocenters.